The van der Waals surface area contributed by atoms with E-state index in [0.717, 1.165) is 50.9 Å². The molecule has 0 spiro atoms. The second-order valence-electron chi connectivity index (χ2n) is 8.84. The molecule has 4 rings (SSSR count). The van der Waals surface area contributed by atoms with Gasteiger partial charge in [-0.05, 0) is 68.0 Å². The van der Waals surface area contributed by atoms with E-state index < -0.39 is 0 Å². The molecule has 2 heterocycles. The van der Waals surface area contributed by atoms with Crippen LogP contribution in [0.3, 0.4) is 0 Å². The summed E-state index contributed by atoms with van der Waals surface area (Å²) >= 11 is 0. The number of carbonyl (C=O) groups is 2. The number of hydrogen-bond acceptors (Lipinski definition) is 3. The van der Waals surface area contributed by atoms with Gasteiger partial charge < -0.3 is 14.5 Å². The van der Waals surface area contributed by atoms with Gasteiger partial charge in [0.15, 0.2) is 0 Å². The summed E-state index contributed by atoms with van der Waals surface area (Å²) < 4.78 is 19.1. The fraction of sp³-hybridized carbons (Fsp3) is 0.462. The maximum absolute atomic E-state index is 13.1. The van der Waals surface area contributed by atoms with Crippen LogP contribution in [0.2, 0.25) is 0 Å². The number of hydrogen-bond donors (Lipinski definition) is 0. The monoisotopic (exact) mass is 438 g/mol. The van der Waals surface area contributed by atoms with Gasteiger partial charge in [-0.2, -0.15) is 0 Å². The van der Waals surface area contributed by atoms with E-state index in [1.54, 1.807) is 12.1 Å². The van der Waals surface area contributed by atoms with E-state index in [1.807, 2.05) is 34.1 Å². The first-order chi connectivity index (χ1) is 15.6. The summed E-state index contributed by atoms with van der Waals surface area (Å²) in [5.74, 6) is 0.795. The molecule has 2 saturated heterocycles. The van der Waals surface area contributed by atoms with Crippen molar-refractivity contribution in [2.24, 2.45) is 5.92 Å². The van der Waals surface area contributed by atoms with Gasteiger partial charge in [0.25, 0.3) is 5.91 Å². The second-order valence-corrected chi connectivity index (χ2v) is 8.84. The zero-order valence-corrected chi connectivity index (χ0v) is 18.5. The first kappa shape index (κ1) is 22.3. The maximum atomic E-state index is 13.1. The molecule has 2 aromatic carbocycles. The largest absolute Gasteiger partial charge is 0.493 e. The Morgan fingerprint density at radius 1 is 0.938 bits per heavy atom. The van der Waals surface area contributed by atoms with E-state index in [4.69, 9.17) is 4.74 Å². The first-order valence-corrected chi connectivity index (χ1v) is 11.6. The van der Waals surface area contributed by atoms with E-state index in [-0.39, 0.29) is 30.0 Å². The van der Waals surface area contributed by atoms with Gasteiger partial charge in [-0.25, -0.2) is 4.39 Å². The van der Waals surface area contributed by atoms with Crippen molar-refractivity contribution in [1.29, 1.82) is 0 Å². The van der Waals surface area contributed by atoms with Crippen LogP contribution in [-0.2, 0) is 11.2 Å². The number of piperidine rings is 2. The van der Waals surface area contributed by atoms with E-state index >= 15 is 0 Å². The van der Waals surface area contributed by atoms with Crippen LogP contribution < -0.4 is 4.74 Å². The van der Waals surface area contributed by atoms with Crippen molar-refractivity contribution >= 4 is 11.8 Å². The minimum absolute atomic E-state index is 0.0652. The average Bonchev–Trinajstić information content (AvgIpc) is 2.84. The molecule has 0 N–H and O–H groups in total. The Labute approximate surface area is 189 Å². The number of halogens is 1. The molecule has 1 atom stereocenters. The van der Waals surface area contributed by atoms with Gasteiger partial charge in [0, 0.05) is 37.7 Å². The lowest BCUT2D eigenvalue weighted by molar-refractivity contribution is -0.132. The van der Waals surface area contributed by atoms with E-state index in [1.165, 1.54) is 18.6 Å². The van der Waals surface area contributed by atoms with E-state index in [2.05, 4.69) is 0 Å². The summed E-state index contributed by atoms with van der Waals surface area (Å²) in [7, 11) is 0. The molecule has 5 nitrogen and oxygen atoms in total. The Hall–Kier alpha value is -2.89. The zero-order chi connectivity index (χ0) is 22.3. The molecule has 2 amide bonds. The standard InChI is InChI=1S/C26H31FN2O3/c27-23-11-9-20(10-12-23)16-25(30)29-15-5-6-21(18-29)19-32-24-8-4-7-22(17-24)26(31)28-13-2-1-3-14-28/h4,7-12,17,21H,1-3,5-6,13-16,18-19H2/t21-/m0/s1. The van der Waals surface area contributed by atoms with Crippen LogP contribution in [0.1, 0.15) is 48.0 Å². The fourth-order valence-corrected chi connectivity index (χ4v) is 4.53. The van der Waals surface area contributed by atoms with Gasteiger partial charge in [-0.3, -0.25) is 9.59 Å². The number of amides is 2. The number of nitrogens with zero attached hydrogens (tertiary/aromatic N) is 2. The molecule has 2 aliphatic heterocycles. The van der Waals surface area contributed by atoms with Crippen LogP contribution in [0, 0.1) is 11.7 Å². The number of ether oxygens (including phenoxy) is 1. The molecule has 0 saturated carbocycles. The molecule has 0 bridgehead atoms. The number of carbonyl (C=O) groups excluding carboxylic acids is 2. The highest BCUT2D eigenvalue weighted by atomic mass is 19.1. The minimum Gasteiger partial charge on any atom is -0.493 e. The highest BCUT2D eigenvalue weighted by Crippen LogP contribution is 2.22. The molecule has 170 valence electrons. The van der Waals surface area contributed by atoms with Crippen molar-refractivity contribution in [3.05, 3.63) is 65.5 Å². The third-order valence-corrected chi connectivity index (χ3v) is 6.35. The molecule has 0 radical (unpaired) electrons. The van der Waals surface area contributed by atoms with Crippen LogP contribution in [0.5, 0.6) is 5.75 Å². The SMILES string of the molecule is O=C(Cc1ccc(F)cc1)N1CCC[C@H](COc2cccc(C(=O)N3CCCCC3)c2)C1. The Morgan fingerprint density at radius 3 is 2.47 bits per heavy atom. The molecule has 0 aliphatic carbocycles. The lowest BCUT2D eigenvalue weighted by Gasteiger charge is -2.33. The summed E-state index contributed by atoms with van der Waals surface area (Å²) in [6.07, 6.45) is 5.57. The Balaban J connectivity index is 1.29. The summed E-state index contributed by atoms with van der Waals surface area (Å²) in [4.78, 5) is 29.3. The van der Waals surface area contributed by atoms with Crippen molar-refractivity contribution in [3.63, 3.8) is 0 Å². The summed E-state index contributed by atoms with van der Waals surface area (Å²) in [5.41, 5.74) is 1.49. The van der Waals surface area contributed by atoms with Crippen LogP contribution in [0.4, 0.5) is 4.39 Å². The van der Waals surface area contributed by atoms with Crippen LogP contribution >= 0.6 is 0 Å². The molecule has 32 heavy (non-hydrogen) atoms. The topological polar surface area (TPSA) is 49.9 Å². The lowest BCUT2D eigenvalue weighted by Crippen LogP contribution is -2.42. The quantitative estimate of drug-likeness (QED) is 0.675. The van der Waals surface area contributed by atoms with Crippen molar-refractivity contribution < 1.29 is 18.7 Å². The molecule has 2 aliphatic rings. The van der Waals surface area contributed by atoms with Crippen molar-refractivity contribution in [1.82, 2.24) is 9.80 Å². The van der Waals surface area contributed by atoms with Gasteiger partial charge in [0.1, 0.15) is 11.6 Å². The van der Waals surface area contributed by atoms with Crippen LogP contribution in [0.15, 0.2) is 48.5 Å². The first-order valence-electron chi connectivity index (χ1n) is 11.6. The third-order valence-electron chi connectivity index (χ3n) is 6.35. The van der Waals surface area contributed by atoms with Crippen molar-refractivity contribution in [2.45, 2.75) is 38.5 Å². The molecule has 0 unspecified atom stereocenters. The zero-order valence-electron chi connectivity index (χ0n) is 18.5. The van der Waals surface area contributed by atoms with Gasteiger partial charge in [-0.15, -0.1) is 0 Å². The van der Waals surface area contributed by atoms with Crippen molar-refractivity contribution in [2.75, 3.05) is 32.8 Å². The molecule has 2 fully saturated rings. The Kier molecular flexibility index (Phi) is 7.40. The summed E-state index contributed by atoms with van der Waals surface area (Å²) in [6, 6.07) is 13.5. The average molecular weight is 439 g/mol. The highest BCUT2D eigenvalue weighted by Gasteiger charge is 2.24. The minimum atomic E-state index is -0.293. The predicted octanol–water partition coefficient (Wildman–Crippen LogP) is 4.31. The highest BCUT2D eigenvalue weighted by molar-refractivity contribution is 5.94. The summed E-state index contributed by atoms with van der Waals surface area (Å²) in [6.45, 7) is 3.58. The predicted molar refractivity (Wildman–Crippen MR) is 121 cm³/mol. The number of likely N-dealkylation sites (tertiary alicyclic amines) is 2. The lowest BCUT2D eigenvalue weighted by atomic mass is 9.98. The van der Waals surface area contributed by atoms with Gasteiger partial charge in [0.05, 0.1) is 13.0 Å². The normalized spacial score (nSPS) is 19.0. The second kappa shape index (κ2) is 10.6. The van der Waals surface area contributed by atoms with Crippen molar-refractivity contribution in [3.8, 4) is 5.75 Å². The Morgan fingerprint density at radius 2 is 1.69 bits per heavy atom. The number of rotatable bonds is 6. The number of benzene rings is 2. The fourth-order valence-electron chi connectivity index (χ4n) is 4.53. The molecule has 2 aromatic rings. The molecular formula is C26H31FN2O3. The summed E-state index contributed by atoms with van der Waals surface area (Å²) in [5, 5.41) is 0. The Bertz CT molecular complexity index is 925. The molecule has 6 heteroatoms. The smallest absolute Gasteiger partial charge is 0.253 e. The third kappa shape index (κ3) is 5.87. The van der Waals surface area contributed by atoms with E-state index in [9.17, 15) is 14.0 Å². The van der Waals surface area contributed by atoms with Gasteiger partial charge in [0.2, 0.25) is 5.91 Å². The van der Waals surface area contributed by atoms with Gasteiger partial charge >= 0.3 is 0 Å². The van der Waals surface area contributed by atoms with Crippen LogP contribution in [-0.4, -0.2) is 54.4 Å². The van der Waals surface area contributed by atoms with Crippen LogP contribution in [0.25, 0.3) is 0 Å². The van der Waals surface area contributed by atoms with Gasteiger partial charge in [-0.1, -0.05) is 18.2 Å². The molecule has 0 aromatic heterocycles. The molecular weight excluding hydrogens is 407 g/mol. The van der Waals surface area contributed by atoms with E-state index in [0.29, 0.717) is 24.5 Å². The maximum Gasteiger partial charge on any atom is 0.253 e.